The van der Waals surface area contributed by atoms with Crippen LogP contribution < -0.4 is 0 Å². The Morgan fingerprint density at radius 3 is 1.73 bits per heavy atom. The molecule has 2 aromatic rings. The highest BCUT2D eigenvalue weighted by atomic mass is 19.2. The zero-order chi connectivity index (χ0) is 26.5. The number of benzene rings is 2. The smallest absolute Gasteiger partial charge is 0.224 e. The molecule has 37 heavy (non-hydrogen) atoms. The van der Waals surface area contributed by atoms with Gasteiger partial charge < -0.3 is 14.7 Å². The Balaban J connectivity index is 1.56. The van der Waals surface area contributed by atoms with Crippen LogP contribution in [-0.2, 0) is 9.59 Å². The summed E-state index contributed by atoms with van der Waals surface area (Å²) in [5.74, 6) is -4.66. The van der Waals surface area contributed by atoms with Crippen molar-refractivity contribution in [1.82, 2.24) is 14.7 Å². The molecule has 0 saturated carbocycles. The summed E-state index contributed by atoms with van der Waals surface area (Å²) < 4.78 is 54.3. The molecule has 0 spiro atoms. The van der Waals surface area contributed by atoms with Gasteiger partial charge in [0, 0.05) is 63.4 Å². The molecule has 0 aromatic heterocycles. The van der Waals surface area contributed by atoms with E-state index in [2.05, 4.69) is 16.7 Å². The monoisotopic (exact) mass is 515 g/mol. The van der Waals surface area contributed by atoms with E-state index in [-0.39, 0.29) is 47.7 Å². The fraction of sp³-hybridized carbons (Fsp3) is 0.357. The van der Waals surface area contributed by atoms with E-state index in [9.17, 15) is 27.2 Å². The molecular weight excluding hydrogens is 486 g/mol. The third kappa shape index (κ3) is 6.72. The Labute approximate surface area is 213 Å². The second-order valence-electron chi connectivity index (χ2n) is 9.29. The van der Waals surface area contributed by atoms with Crippen molar-refractivity contribution < 1.29 is 27.2 Å². The molecule has 0 aliphatic carbocycles. The molecule has 2 fully saturated rings. The number of carbonyl (C=O) groups is 2. The average Bonchev–Trinajstić information content (AvgIpc) is 2.89. The van der Waals surface area contributed by atoms with Crippen LogP contribution in [0.2, 0.25) is 0 Å². The van der Waals surface area contributed by atoms with Crippen LogP contribution in [0.5, 0.6) is 0 Å². The van der Waals surface area contributed by atoms with E-state index in [1.807, 2.05) is 0 Å². The predicted octanol–water partition coefficient (Wildman–Crippen LogP) is 4.15. The summed E-state index contributed by atoms with van der Waals surface area (Å²) in [6.07, 6.45) is 3.11. The maximum Gasteiger partial charge on any atom is 0.224 e. The minimum absolute atomic E-state index is 0.00932. The summed E-state index contributed by atoms with van der Waals surface area (Å²) in [4.78, 5) is 32.5. The maximum atomic E-state index is 13.8. The number of Topliss-reactive ketones (excluding diaryl/α,β-unsaturated/α-hetero) is 1. The van der Waals surface area contributed by atoms with E-state index >= 15 is 0 Å². The molecule has 5 nitrogen and oxygen atoms in total. The van der Waals surface area contributed by atoms with Crippen LogP contribution in [0.1, 0.15) is 24.5 Å². The van der Waals surface area contributed by atoms with Gasteiger partial charge in [0.15, 0.2) is 29.1 Å². The van der Waals surface area contributed by atoms with Crippen LogP contribution in [-0.4, -0.2) is 78.7 Å². The van der Waals surface area contributed by atoms with Crippen molar-refractivity contribution in [3.63, 3.8) is 0 Å². The Kier molecular flexibility index (Phi) is 8.56. The summed E-state index contributed by atoms with van der Waals surface area (Å²) in [6, 6.07) is 6.57. The highest BCUT2D eigenvalue weighted by molar-refractivity contribution is 6.15. The fourth-order valence-electron chi connectivity index (χ4n) is 4.56. The SMILES string of the molecule is CCN1CCN(CCC(=O)N2C/C(=C\c3ccc(F)c(F)c3)C(=O)/C(=C/c3ccc(F)c(F)c3)C2)CC1. The van der Waals surface area contributed by atoms with Gasteiger partial charge in [-0.3, -0.25) is 9.59 Å². The first-order chi connectivity index (χ1) is 17.7. The van der Waals surface area contributed by atoms with Gasteiger partial charge >= 0.3 is 0 Å². The van der Waals surface area contributed by atoms with Crippen molar-refractivity contribution in [3.05, 3.63) is 81.9 Å². The van der Waals surface area contributed by atoms with Gasteiger partial charge in [-0.05, 0) is 54.1 Å². The van der Waals surface area contributed by atoms with Gasteiger partial charge in [0.2, 0.25) is 5.91 Å². The molecule has 0 unspecified atom stereocenters. The van der Waals surface area contributed by atoms with Crippen LogP contribution in [0, 0.1) is 23.3 Å². The van der Waals surface area contributed by atoms with Gasteiger partial charge in [-0.2, -0.15) is 0 Å². The number of piperidine rings is 1. The number of halogens is 4. The quantitative estimate of drug-likeness (QED) is 0.429. The maximum absolute atomic E-state index is 13.8. The molecule has 1 amide bonds. The minimum atomic E-state index is -1.05. The normalized spacial score (nSPS) is 19.7. The van der Waals surface area contributed by atoms with Crippen molar-refractivity contribution in [3.8, 4) is 0 Å². The fourth-order valence-corrected chi connectivity index (χ4v) is 4.56. The summed E-state index contributed by atoms with van der Waals surface area (Å²) in [6.45, 7) is 7.37. The highest BCUT2D eigenvalue weighted by Crippen LogP contribution is 2.24. The number of carbonyl (C=O) groups excluding carboxylic acids is 2. The van der Waals surface area contributed by atoms with E-state index in [1.54, 1.807) is 0 Å². The zero-order valence-electron chi connectivity index (χ0n) is 20.7. The van der Waals surface area contributed by atoms with Crippen LogP contribution in [0.3, 0.4) is 0 Å². The van der Waals surface area contributed by atoms with E-state index in [0.29, 0.717) is 6.54 Å². The highest BCUT2D eigenvalue weighted by Gasteiger charge is 2.29. The molecule has 2 heterocycles. The molecule has 0 N–H and O–H groups in total. The third-order valence-electron chi connectivity index (χ3n) is 6.78. The number of amides is 1. The van der Waals surface area contributed by atoms with Crippen molar-refractivity contribution in [2.24, 2.45) is 0 Å². The molecule has 4 rings (SSSR count). The number of ketones is 1. The van der Waals surface area contributed by atoms with Crippen molar-refractivity contribution in [2.45, 2.75) is 13.3 Å². The molecule has 2 aliphatic rings. The van der Waals surface area contributed by atoms with Crippen LogP contribution >= 0.6 is 0 Å². The topological polar surface area (TPSA) is 43.9 Å². The van der Waals surface area contributed by atoms with E-state index < -0.39 is 29.1 Å². The second kappa shape index (κ2) is 11.8. The molecule has 2 aromatic carbocycles. The molecule has 2 saturated heterocycles. The second-order valence-corrected chi connectivity index (χ2v) is 9.29. The first kappa shape index (κ1) is 26.8. The van der Waals surface area contributed by atoms with Gasteiger partial charge in [0.1, 0.15) is 0 Å². The van der Waals surface area contributed by atoms with Gasteiger partial charge in [-0.1, -0.05) is 19.1 Å². The van der Waals surface area contributed by atoms with Crippen molar-refractivity contribution in [1.29, 1.82) is 0 Å². The molecule has 9 heteroatoms. The number of hydrogen-bond donors (Lipinski definition) is 0. The van der Waals surface area contributed by atoms with Gasteiger partial charge in [-0.25, -0.2) is 17.6 Å². The molecule has 196 valence electrons. The number of nitrogens with zero attached hydrogens (tertiary/aromatic N) is 3. The van der Waals surface area contributed by atoms with Crippen molar-refractivity contribution in [2.75, 3.05) is 52.4 Å². The molecule has 0 radical (unpaired) electrons. The van der Waals surface area contributed by atoms with Crippen molar-refractivity contribution >= 4 is 23.8 Å². The van der Waals surface area contributed by atoms with E-state index in [0.717, 1.165) is 57.0 Å². The Bertz CT molecular complexity index is 1160. The largest absolute Gasteiger partial charge is 0.334 e. The van der Waals surface area contributed by atoms with Crippen LogP contribution in [0.15, 0.2) is 47.5 Å². The van der Waals surface area contributed by atoms with Gasteiger partial charge in [0.25, 0.3) is 0 Å². The Morgan fingerprint density at radius 1 is 0.784 bits per heavy atom. The first-order valence-electron chi connectivity index (χ1n) is 12.3. The number of rotatable bonds is 6. The molecule has 2 aliphatic heterocycles. The summed E-state index contributed by atoms with van der Waals surface area (Å²) in [5.41, 5.74) is 0.988. The third-order valence-corrected chi connectivity index (χ3v) is 6.78. The predicted molar refractivity (Wildman–Crippen MR) is 133 cm³/mol. The van der Waals surface area contributed by atoms with Crippen LogP contribution in [0.25, 0.3) is 12.2 Å². The zero-order valence-corrected chi connectivity index (χ0v) is 20.7. The number of hydrogen-bond acceptors (Lipinski definition) is 4. The minimum Gasteiger partial charge on any atom is -0.334 e. The van der Waals surface area contributed by atoms with Gasteiger partial charge in [-0.15, -0.1) is 0 Å². The first-order valence-corrected chi connectivity index (χ1v) is 12.3. The van der Waals surface area contributed by atoms with Gasteiger partial charge in [0.05, 0.1) is 0 Å². The summed E-state index contributed by atoms with van der Waals surface area (Å²) >= 11 is 0. The Hall–Kier alpha value is -3.30. The number of likely N-dealkylation sites (tertiary alicyclic amines) is 1. The summed E-state index contributed by atoms with van der Waals surface area (Å²) in [7, 11) is 0. The van der Waals surface area contributed by atoms with Crippen LogP contribution in [0.4, 0.5) is 17.6 Å². The lowest BCUT2D eigenvalue weighted by atomic mass is 9.94. The molecule has 0 atom stereocenters. The molecular formula is C28H29F4N3O2. The lowest BCUT2D eigenvalue weighted by molar-refractivity contribution is -0.131. The average molecular weight is 516 g/mol. The molecule has 0 bridgehead atoms. The van der Waals surface area contributed by atoms with E-state index in [1.165, 1.54) is 29.2 Å². The number of piperazine rings is 1. The standard InChI is InChI=1S/C28H29F4N3O2/c1-2-33-9-11-34(12-10-33)8-7-27(36)35-17-21(13-19-3-5-23(29)25(31)15-19)28(37)22(18-35)14-20-4-6-24(30)26(32)16-20/h3-6,13-16H,2,7-12,17-18H2,1H3/b21-13+,22-14+. The van der Waals surface area contributed by atoms with E-state index in [4.69, 9.17) is 0 Å². The lowest BCUT2D eigenvalue weighted by Gasteiger charge is -2.35. The summed E-state index contributed by atoms with van der Waals surface area (Å²) in [5, 5.41) is 0. The Morgan fingerprint density at radius 2 is 1.27 bits per heavy atom. The number of likely N-dealkylation sites (N-methyl/N-ethyl adjacent to an activating group) is 1. The lowest BCUT2D eigenvalue weighted by Crippen LogP contribution is -2.47.